The van der Waals surface area contributed by atoms with Crippen LogP contribution in [0.15, 0.2) is 41.3 Å². The predicted molar refractivity (Wildman–Crippen MR) is 88.9 cm³/mol. The fourth-order valence-electron chi connectivity index (χ4n) is 2.78. The molecule has 122 valence electrons. The number of methoxy groups -OCH3 is 1. The van der Waals surface area contributed by atoms with Crippen molar-refractivity contribution in [3.8, 4) is 11.5 Å². The monoisotopic (exact) mass is 352 g/mol. The smallest absolute Gasteiger partial charge is 0.342 e. The Morgan fingerprint density at radius 1 is 1.00 bits per heavy atom. The first kappa shape index (κ1) is 16.1. The molecule has 0 fully saturated rings. The van der Waals surface area contributed by atoms with Crippen LogP contribution in [0.4, 0.5) is 0 Å². The summed E-state index contributed by atoms with van der Waals surface area (Å²) in [6.45, 7) is 0. The molecule has 1 aliphatic rings. The molecule has 0 aromatic heterocycles. The van der Waals surface area contributed by atoms with E-state index in [1.807, 2.05) is 12.1 Å². The number of rotatable bonds is 4. The Hall–Kier alpha value is -1.72. The minimum Gasteiger partial charge on any atom is -0.495 e. The molecule has 0 N–H and O–H groups in total. The number of hydrogen-bond donors (Lipinski definition) is 0. The Balaban J connectivity index is 1.94. The maximum atomic E-state index is 12.5. The van der Waals surface area contributed by atoms with Gasteiger partial charge in [-0.1, -0.05) is 17.7 Å². The Kier molecular flexibility index (Phi) is 4.50. The Morgan fingerprint density at radius 2 is 1.74 bits per heavy atom. The van der Waals surface area contributed by atoms with Gasteiger partial charge in [0.15, 0.2) is 0 Å². The van der Waals surface area contributed by atoms with Gasteiger partial charge >= 0.3 is 10.1 Å². The van der Waals surface area contributed by atoms with E-state index in [2.05, 4.69) is 0 Å². The largest absolute Gasteiger partial charge is 0.495 e. The average Bonchev–Trinajstić information content (AvgIpc) is 2.54. The Morgan fingerprint density at radius 3 is 2.48 bits per heavy atom. The second-order valence-electron chi connectivity index (χ2n) is 5.47. The molecule has 0 unspecified atom stereocenters. The molecule has 2 aromatic carbocycles. The molecular weight excluding hydrogens is 336 g/mol. The summed E-state index contributed by atoms with van der Waals surface area (Å²) >= 11 is 5.90. The van der Waals surface area contributed by atoms with E-state index in [4.69, 9.17) is 20.5 Å². The molecule has 0 amide bonds. The van der Waals surface area contributed by atoms with Crippen molar-refractivity contribution in [3.05, 3.63) is 52.5 Å². The number of fused-ring (bicyclic) bond motifs is 1. The highest BCUT2D eigenvalue weighted by atomic mass is 35.5. The highest BCUT2D eigenvalue weighted by Crippen LogP contribution is 2.31. The first-order valence-corrected chi connectivity index (χ1v) is 9.18. The lowest BCUT2D eigenvalue weighted by Gasteiger charge is -2.17. The van der Waals surface area contributed by atoms with Crippen molar-refractivity contribution in [2.75, 3.05) is 7.11 Å². The van der Waals surface area contributed by atoms with Crippen LogP contribution in [0.3, 0.4) is 0 Å². The van der Waals surface area contributed by atoms with E-state index in [0.717, 1.165) is 24.8 Å². The van der Waals surface area contributed by atoms with Gasteiger partial charge in [0.2, 0.25) is 0 Å². The van der Waals surface area contributed by atoms with E-state index in [9.17, 15) is 8.42 Å². The number of ether oxygens (including phenoxy) is 1. The van der Waals surface area contributed by atoms with Gasteiger partial charge in [0.1, 0.15) is 16.4 Å². The lowest BCUT2D eigenvalue weighted by molar-refractivity contribution is 0.398. The van der Waals surface area contributed by atoms with Gasteiger partial charge in [0.05, 0.1) is 7.11 Å². The minimum absolute atomic E-state index is 0.0785. The van der Waals surface area contributed by atoms with Crippen molar-refractivity contribution in [1.82, 2.24) is 0 Å². The summed E-state index contributed by atoms with van der Waals surface area (Å²) in [4.78, 5) is -0.0785. The van der Waals surface area contributed by atoms with Crippen LogP contribution in [0.2, 0.25) is 5.02 Å². The zero-order valence-corrected chi connectivity index (χ0v) is 14.3. The first-order valence-electron chi connectivity index (χ1n) is 7.39. The number of aryl methyl sites for hydroxylation is 2. The fraction of sp³-hybridized carbons (Fsp3) is 0.294. The SMILES string of the molecule is COc1ccc(Cl)cc1S(=O)(=O)Oc1ccc2c(c1)CCCC2. The van der Waals surface area contributed by atoms with Gasteiger partial charge in [-0.25, -0.2) is 0 Å². The van der Waals surface area contributed by atoms with Crippen molar-refractivity contribution < 1.29 is 17.3 Å². The highest BCUT2D eigenvalue weighted by molar-refractivity contribution is 7.87. The average molecular weight is 353 g/mol. The lowest BCUT2D eigenvalue weighted by atomic mass is 9.92. The molecule has 2 aromatic rings. The maximum Gasteiger partial charge on any atom is 0.342 e. The summed E-state index contributed by atoms with van der Waals surface area (Å²) in [5.41, 5.74) is 2.42. The quantitative estimate of drug-likeness (QED) is 0.780. The van der Waals surface area contributed by atoms with Gasteiger partial charge in [-0.05, 0) is 67.1 Å². The first-order chi connectivity index (χ1) is 11.0. The fourth-order valence-corrected chi connectivity index (χ4v) is 4.13. The summed E-state index contributed by atoms with van der Waals surface area (Å²) in [6.07, 6.45) is 4.27. The molecule has 6 heteroatoms. The van der Waals surface area contributed by atoms with Gasteiger partial charge < -0.3 is 8.92 Å². The number of halogens is 1. The van der Waals surface area contributed by atoms with Gasteiger partial charge in [0, 0.05) is 5.02 Å². The highest BCUT2D eigenvalue weighted by Gasteiger charge is 2.23. The van der Waals surface area contributed by atoms with Crippen molar-refractivity contribution in [2.45, 2.75) is 30.6 Å². The molecule has 0 heterocycles. The van der Waals surface area contributed by atoms with Crippen LogP contribution in [0.25, 0.3) is 0 Å². The molecule has 0 saturated heterocycles. The minimum atomic E-state index is -4.01. The van der Waals surface area contributed by atoms with Crippen molar-refractivity contribution in [2.24, 2.45) is 0 Å². The third-order valence-electron chi connectivity index (χ3n) is 3.92. The molecule has 3 rings (SSSR count). The third-order valence-corrected chi connectivity index (χ3v) is 5.43. The van der Waals surface area contributed by atoms with Crippen molar-refractivity contribution in [1.29, 1.82) is 0 Å². The van der Waals surface area contributed by atoms with Crippen LogP contribution in [0.5, 0.6) is 11.5 Å². The van der Waals surface area contributed by atoms with E-state index in [-0.39, 0.29) is 10.6 Å². The summed E-state index contributed by atoms with van der Waals surface area (Å²) in [7, 11) is -2.61. The van der Waals surface area contributed by atoms with Crippen LogP contribution >= 0.6 is 11.6 Å². The zero-order valence-electron chi connectivity index (χ0n) is 12.7. The molecule has 0 saturated carbocycles. The summed E-state index contributed by atoms with van der Waals surface area (Å²) in [6, 6.07) is 9.84. The van der Waals surface area contributed by atoms with E-state index in [1.165, 1.54) is 31.2 Å². The molecule has 0 aliphatic heterocycles. The maximum absolute atomic E-state index is 12.5. The van der Waals surface area contributed by atoms with Gasteiger partial charge in [-0.3, -0.25) is 0 Å². The van der Waals surface area contributed by atoms with Gasteiger partial charge in [-0.15, -0.1) is 0 Å². The molecule has 0 spiro atoms. The summed E-state index contributed by atoms with van der Waals surface area (Å²) in [5.74, 6) is 0.514. The van der Waals surface area contributed by atoms with Crippen LogP contribution in [-0.4, -0.2) is 15.5 Å². The second-order valence-corrected chi connectivity index (χ2v) is 7.42. The van der Waals surface area contributed by atoms with Crippen molar-refractivity contribution in [3.63, 3.8) is 0 Å². The Bertz CT molecular complexity index is 830. The van der Waals surface area contributed by atoms with Crippen LogP contribution in [0.1, 0.15) is 24.0 Å². The van der Waals surface area contributed by atoms with E-state index in [0.29, 0.717) is 10.8 Å². The molecular formula is C17H17ClO4S. The third kappa shape index (κ3) is 3.46. The van der Waals surface area contributed by atoms with Crippen LogP contribution < -0.4 is 8.92 Å². The van der Waals surface area contributed by atoms with E-state index < -0.39 is 10.1 Å². The van der Waals surface area contributed by atoms with Crippen LogP contribution in [0, 0.1) is 0 Å². The molecule has 23 heavy (non-hydrogen) atoms. The summed E-state index contributed by atoms with van der Waals surface area (Å²) < 4.78 is 35.5. The van der Waals surface area contributed by atoms with Crippen LogP contribution in [-0.2, 0) is 23.0 Å². The summed E-state index contributed by atoms with van der Waals surface area (Å²) in [5, 5.41) is 0.304. The molecule has 0 atom stereocenters. The lowest BCUT2D eigenvalue weighted by Crippen LogP contribution is -2.12. The topological polar surface area (TPSA) is 52.6 Å². The standard InChI is InChI=1S/C17H17ClO4S/c1-21-16-9-7-14(18)11-17(16)23(19,20)22-15-8-6-12-4-2-3-5-13(12)10-15/h6-11H,2-5H2,1H3. The van der Waals surface area contributed by atoms with Gasteiger partial charge in [-0.2, -0.15) is 8.42 Å². The van der Waals surface area contributed by atoms with E-state index >= 15 is 0 Å². The predicted octanol–water partition coefficient (Wildman–Crippen LogP) is 4.00. The molecule has 1 aliphatic carbocycles. The van der Waals surface area contributed by atoms with Crippen molar-refractivity contribution >= 4 is 21.7 Å². The molecule has 4 nitrogen and oxygen atoms in total. The number of hydrogen-bond acceptors (Lipinski definition) is 4. The zero-order chi connectivity index (χ0) is 16.4. The molecule has 0 bridgehead atoms. The van der Waals surface area contributed by atoms with E-state index in [1.54, 1.807) is 12.1 Å². The Labute approximate surface area is 141 Å². The normalized spacial score (nSPS) is 14.2. The molecule has 0 radical (unpaired) electrons. The number of benzene rings is 2. The second kappa shape index (κ2) is 6.42. The van der Waals surface area contributed by atoms with Gasteiger partial charge in [0.25, 0.3) is 0 Å².